The lowest BCUT2D eigenvalue weighted by molar-refractivity contribution is -0.105. The van der Waals surface area contributed by atoms with Gasteiger partial charge in [0, 0.05) is 0 Å². The van der Waals surface area contributed by atoms with Gasteiger partial charge in [-0.05, 0) is 30.8 Å². The van der Waals surface area contributed by atoms with Crippen LogP contribution < -0.4 is 0 Å². The maximum absolute atomic E-state index is 10.6. The summed E-state index contributed by atoms with van der Waals surface area (Å²) >= 11 is 0. The minimum atomic E-state index is 0.502. The molecule has 13 heavy (non-hydrogen) atoms. The summed E-state index contributed by atoms with van der Waals surface area (Å²) in [6.45, 7) is 7.90. The van der Waals surface area contributed by atoms with E-state index < -0.39 is 0 Å². The Labute approximate surface area is 81.5 Å². The Morgan fingerprint density at radius 3 is 2.54 bits per heavy atom. The molecule has 1 heteroatoms. The van der Waals surface area contributed by atoms with E-state index in [4.69, 9.17) is 0 Å². The Morgan fingerprint density at radius 2 is 2.15 bits per heavy atom. The van der Waals surface area contributed by atoms with Gasteiger partial charge in [-0.15, -0.1) is 6.58 Å². The molecule has 0 radical (unpaired) electrons. The smallest absolute Gasteiger partial charge is 0.145 e. The van der Waals surface area contributed by atoms with Gasteiger partial charge in [0.2, 0.25) is 0 Å². The molecule has 0 bridgehead atoms. The maximum Gasteiger partial charge on any atom is 0.145 e. The lowest BCUT2D eigenvalue weighted by Crippen LogP contribution is -1.97. The Kier molecular flexibility index (Phi) is 7.27. The number of aldehydes is 1. The number of hydrogen-bond acceptors (Lipinski definition) is 1. The van der Waals surface area contributed by atoms with Crippen LogP contribution in [0.1, 0.15) is 39.5 Å². The minimum absolute atomic E-state index is 0.502. The fourth-order valence-electron chi connectivity index (χ4n) is 1.40. The first-order chi connectivity index (χ1) is 6.28. The first-order valence-corrected chi connectivity index (χ1v) is 5.05. The summed E-state index contributed by atoms with van der Waals surface area (Å²) in [5.74, 6) is 0.502. The molecule has 0 N–H and O–H groups in total. The number of hydrogen-bond donors (Lipinski definition) is 0. The van der Waals surface area contributed by atoms with E-state index in [9.17, 15) is 4.79 Å². The van der Waals surface area contributed by atoms with Crippen LogP contribution in [0, 0.1) is 5.92 Å². The largest absolute Gasteiger partial charge is 0.298 e. The predicted molar refractivity (Wildman–Crippen MR) is 57.7 cm³/mol. The molecule has 0 rings (SSSR count). The molecule has 0 aliphatic rings. The molecule has 1 unspecified atom stereocenters. The molecule has 0 heterocycles. The molecule has 74 valence electrons. The monoisotopic (exact) mass is 180 g/mol. The third-order valence-corrected chi connectivity index (χ3v) is 2.14. The second-order valence-corrected chi connectivity index (χ2v) is 3.29. The van der Waals surface area contributed by atoms with Crippen molar-refractivity contribution in [1.82, 2.24) is 0 Å². The molecule has 1 atom stereocenters. The van der Waals surface area contributed by atoms with Crippen LogP contribution in [0.4, 0.5) is 0 Å². The molecular formula is C12H20O. The predicted octanol–water partition coefficient (Wildman–Crippen LogP) is 3.51. The molecule has 0 saturated heterocycles. The van der Waals surface area contributed by atoms with E-state index in [-0.39, 0.29) is 0 Å². The number of carbonyl (C=O) groups is 1. The summed E-state index contributed by atoms with van der Waals surface area (Å²) in [5, 5.41) is 0. The van der Waals surface area contributed by atoms with Gasteiger partial charge in [0.05, 0.1) is 0 Å². The standard InChI is InChI=1S/C12H20O/c1-4-7-12(8-5-2)9-11(6-3)10-13/h4,9-10,12H,1,5-8H2,2-3H3/b11-9+. The van der Waals surface area contributed by atoms with Crippen LogP contribution in [0.3, 0.4) is 0 Å². The van der Waals surface area contributed by atoms with Crippen LogP contribution >= 0.6 is 0 Å². The Balaban J connectivity index is 4.25. The van der Waals surface area contributed by atoms with Crippen molar-refractivity contribution in [3.8, 4) is 0 Å². The summed E-state index contributed by atoms with van der Waals surface area (Å²) in [7, 11) is 0. The van der Waals surface area contributed by atoms with Crippen molar-refractivity contribution >= 4 is 6.29 Å². The van der Waals surface area contributed by atoms with Gasteiger partial charge >= 0.3 is 0 Å². The lowest BCUT2D eigenvalue weighted by atomic mass is 9.96. The van der Waals surface area contributed by atoms with Crippen LogP contribution in [0.15, 0.2) is 24.3 Å². The molecule has 0 aliphatic heterocycles. The first-order valence-electron chi connectivity index (χ1n) is 5.05. The van der Waals surface area contributed by atoms with Crippen LogP contribution in [-0.2, 0) is 4.79 Å². The van der Waals surface area contributed by atoms with Gasteiger partial charge in [-0.1, -0.05) is 32.4 Å². The number of allylic oxidation sites excluding steroid dienone is 3. The van der Waals surface area contributed by atoms with Crippen LogP contribution in [-0.4, -0.2) is 6.29 Å². The first kappa shape index (κ1) is 12.2. The topological polar surface area (TPSA) is 17.1 Å². The van der Waals surface area contributed by atoms with Gasteiger partial charge in [-0.25, -0.2) is 0 Å². The highest BCUT2D eigenvalue weighted by Gasteiger charge is 2.03. The van der Waals surface area contributed by atoms with Crippen LogP contribution in [0.5, 0.6) is 0 Å². The molecular weight excluding hydrogens is 160 g/mol. The molecule has 0 amide bonds. The summed E-state index contributed by atoms with van der Waals surface area (Å²) in [4.78, 5) is 10.6. The van der Waals surface area contributed by atoms with Gasteiger partial charge in [0.15, 0.2) is 0 Å². The van der Waals surface area contributed by atoms with Gasteiger partial charge in [0.1, 0.15) is 6.29 Å². The average molecular weight is 180 g/mol. The Morgan fingerprint density at radius 1 is 1.46 bits per heavy atom. The molecule has 0 aromatic heterocycles. The molecule has 1 nitrogen and oxygen atoms in total. The van der Waals surface area contributed by atoms with Crippen LogP contribution in [0.2, 0.25) is 0 Å². The fraction of sp³-hybridized carbons (Fsp3) is 0.583. The second-order valence-electron chi connectivity index (χ2n) is 3.29. The third kappa shape index (κ3) is 5.40. The Bertz CT molecular complexity index is 180. The molecule has 0 aromatic rings. The Hall–Kier alpha value is -0.850. The lowest BCUT2D eigenvalue weighted by Gasteiger charge is -2.09. The normalized spacial score (nSPS) is 13.8. The van der Waals surface area contributed by atoms with E-state index in [1.807, 2.05) is 13.0 Å². The van der Waals surface area contributed by atoms with E-state index in [1.165, 1.54) is 0 Å². The fourth-order valence-corrected chi connectivity index (χ4v) is 1.40. The van der Waals surface area contributed by atoms with Crippen molar-refractivity contribution in [2.45, 2.75) is 39.5 Å². The quantitative estimate of drug-likeness (QED) is 0.333. The van der Waals surface area contributed by atoms with E-state index in [0.717, 1.165) is 37.5 Å². The van der Waals surface area contributed by atoms with Gasteiger partial charge in [-0.3, -0.25) is 4.79 Å². The maximum atomic E-state index is 10.6. The number of rotatable bonds is 7. The highest BCUT2D eigenvalue weighted by molar-refractivity contribution is 5.72. The van der Waals surface area contributed by atoms with Crippen molar-refractivity contribution in [1.29, 1.82) is 0 Å². The summed E-state index contributed by atoms with van der Waals surface area (Å²) in [6.07, 6.45) is 9.10. The second kappa shape index (κ2) is 7.78. The highest BCUT2D eigenvalue weighted by Crippen LogP contribution is 2.15. The summed E-state index contributed by atoms with van der Waals surface area (Å²) in [5.41, 5.74) is 0.917. The zero-order chi connectivity index (χ0) is 10.1. The zero-order valence-corrected chi connectivity index (χ0v) is 8.75. The van der Waals surface area contributed by atoms with Gasteiger partial charge in [-0.2, -0.15) is 0 Å². The van der Waals surface area contributed by atoms with E-state index in [2.05, 4.69) is 19.6 Å². The van der Waals surface area contributed by atoms with Crippen molar-refractivity contribution in [2.24, 2.45) is 5.92 Å². The van der Waals surface area contributed by atoms with E-state index in [0.29, 0.717) is 5.92 Å². The van der Waals surface area contributed by atoms with Gasteiger partial charge < -0.3 is 0 Å². The van der Waals surface area contributed by atoms with Crippen molar-refractivity contribution in [2.75, 3.05) is 0 Å². The van der Waals surface area contributed by atoms with Gasteiger partial charge in [0.25, 0.3) is 0 Å². The van der Waals surface area contributed by atoms with Crippen molar-refractivity contribution < 1.29 is 4.79 Å². The third-order valence-electron chi connectivity index (χ3n) is 2.14. The highest BCUT2D eigenvalue weighted by atomic mass is 16.1. The zero-order valence-electron chi connectivity index (χ0n) is 8.75. The molecule has 0 fully saturated rings. The molecule has 0 saturated carbocycles. The summed E-state index contributed by atoms with van der Waals surface area (Å²) in [6, 6.07) is 0. The van der Waals surface area contributed by atoms with Crippen molar-refractivity contribution in [3.63, 3.8) is 0 Å². The minimum Gasteiger partial charge on any atom is -0.298 e. The molecule has 0 aliphatic carbocycles. The number of carbonyl (C=O) groups excluding carboxylic acids is 1. The summed E-state index contributed by atoms with van der Waals surface area (Å²) < 4.78 is 0. The van der Waals surface area contributed by atoms with E-state index >= 15 is 0 Å². The van der Waals surface area contributed by atoms with Crippen LogP contribution in [0.25, 0.3) is 0 Å². The van der Waals surface area contributed by atoms with E-state index in [1.54, 1.807) is 0 Å². The van der Waals surface area contributed by atoms with Crippen molar-refractivity contribution in [3.05, 3.63) is 24.3 Å². The molecule has 0 aromatic carbocycles. The average Bonchev–Trinajstić information content (AvgIpc) is 2.14. The SMILES string of the molecule is C=CCC(/C=C(/C=O)CC)CCC. The molecule has 0 spiro atoms.